The number of rotatable bonds is 7. The highest BCUT2D eigenvalue weighted by atomic mass is 16.5. The molecule has 2 aromatic carbocycles. The molecule has 1 atom stereocenters. The Morgan fingerprint density at radius 2 is 1.77 bits per heavy atom. The molecule has 0 aliphatic heterocycles. The first-order valence-electron chi connectivity index (χ1n) is 7.63. The fourth-order valence-corrected chi connectivity index (χ4v) is 2.39. The Balaban J connectivity index is 1.73. The third kappa shape index (κ3) is 4.92. The van der Waals surface area contributed by atoms with Gasteiger partial charge in [0.1, 0.15) is 5.75 Å². The van der Waals surface area contributed by atoms with Crippen LogP contribution in [0.25, 0.3) is 0 Å². The van der Waals surface area contributed by atoms with Gasteiger partial charge in [0.05, 0.1) is 7.11 Å². The molecule has 0 aliphatic rings. The summed E-state index contributed by atoms with van der Waals surface area (Å²) in [5.74, 6) is 1.19. The Morgan fingerprint density at radius 3 is 2.41 bits per heavy atom. The van der Waals surface area contributed by atoms with Crippen molar-refractivity contribution >= 4 is 5.91 Å². The Kier molecular flexibility index (Phi) is 6.01. The van der Waals surface area contributed by atoms with Gasteiger partial charge >= 0.3 is 0 Å². The molecule has 0 aliphatic carbocycles. The van der Waals surface area contributed by atoms with E-state index in [-0.39, 0.29) is 11.8 Å². The summed E-state index contributed by atoms with van der Waals surface area (Å²) in [4.78, 5) is 12.0. The van der Waals surface area contributed by atoms with Crippen LogP contribution in [0.15, 0.2) is 54.6 Å². The van der Waals surface area contributed by atoms with Gasteiger partial charge in [0.2, 0.25) is 5.91 Å². The summed E-state index contributed by atoms with van der Waals surface area (Å²) in [6.45, 7) is 2.74. The van der Waals surface area contributed by atoms with Gasteiger partial charge in [-0.15, -0.1) is 0 Å². The van der Waals surface area contributed by atoms with Crippen molar-refractivity contribution < 1.29 is 9.53 Å². The summed E-state index contributed by atoms with van der Waals surface area (Å²) in [7, 11) is 1.66. The fourth-order valence-electron chi connectivity index (χ4n) is 2.39. The number of benzene rings is 2. The Labute approximate surface area is 132 Å². The number of nitrogens with one attached hydrogen (secondary N) is 1. The van der Waals surface area contributed by atoms with E-state index < -0.39 is 0 Å². The van der Waals surface area contributed by atoms with Gasteiger partial charge in [-0.25, -0.2) is 0 Å². The first kappa shape index (κ1) is 16.1. The number of ether oxygens (including phenoxy) is 1. The van der Waals surface area contributed by atoms with Gasteiger partial charge in [0, 0.05) is 13.0 Å². The third-order valence-electron chi connectivity index (χ3n) is 3.76. The number of hydrogen-bond donors (Lipinski definition) is 1. The van der Waals surface area contributed by atoms with Crippen LogP contribution < -0.4 is 10.1 Å². The predicted molar refractivity (Wildman–Crippen MR) is 89.2 cm³/mol. The maximum absolute atomic E-state index is 12.0. The van der Waals surface area contributed by atoms with Gasteiger partial charge in [-0.05, 0) is 35.6 Å². The van der Waals surface area contributed by atoms with Crippen molar-refractivity contribution in [1.82, 2.24) is 5.32 Å². The van der Waals surface area contributed by atoms with Crippen molar-refractivity contribution in [2.45, 2.75) is 25.7 Å². The zero-order chi connectivity index (χ0) is 15.8. The van der Waals surface area contributed by atoms with Gasteiger partial charge in [0.25, 0.3) is 0 Å². The number of amides is 1. The quantitative estimate of drug-likeness (QED) is 0.849. The zero-order valence-electron chi connectivity index (χ0n) is 13.2. The van der Waals surface area contributed by atoms with E-state index >= 15 is 0 Å². The van der Waals surface area contributed by atoms with Crippen molar-refractivity contribution in [3.8, 4) is 5.75 Å². The second-order valence-corrected chi connectivity index (χ2v) is 5.46. The van der Waals surface area contributed by atoms with Crippen LogP contribution in [0.4, 0.5) is 0 Å². The Hall–Kier alpha value is -2.29. The van der Waals surface area contributed by atoms with Crippen LogP contribution >= 0.6 is 0 Å². The van der Waals surface area contributed by atoms with Crippen LogP contribution in [0, 0.1) is 0 Å². The number of hydrogen-bond acceptors (Lipinski definition) is 2. The standard InChI is InChI=1S/C19H23NO2/c1-15(17-6-4-3-5-7-17)14-19(21)20-13-12-16-8-10-18(22-2)11-9-16/h3-11,15H,12-14H2,1-2H3,(H,20,21)/t15-/m1/s1. The molecule has 3 heteroatoms. The van der Waals surface area contributed by atoms with Crippen LogP contribution in [-0.4, -0.2) is 19.6 Å². The number of methoxy groups -OCH3 is 1. The summed E-state index contributed by atoms with van der Waals surface area (Å²) in [5.41, 5.74) is 2.39. The van der Waals surface area contributed by atoms with Gasteiger partial charge < -0.3 is 10.1 Å². The van der Waals surface area contributed by atoms with E-state index in [4.69, 9.17) is 4.74 Å². The van der Waals surface area contributed by atoms with Gasteiger partial charge in [-0.2, -0.15) is 0 Å². The highest BCUT2D eigenvalue weighted by molar-refractivity contribution is 5.76. The zero-order valence-corrected chi connectivity index (χ0v) is 13.2. The summed E-state index contributed by atoms with van der Waals surface area (Å²) < 4.78 is 5.13. The van der Waals surface area contributed by atoms with E-state index in [1.54, 1.807) is 7.11 Å². The summed E-state index contributed by atoms with van der Waals surface area (Å²) >= 11 is 0. The smallest absolute Gasteiger partial charge is 0.220 e. The van der Waals surface area contributed by atoms with E-state index in [0.29, 0.717) is 13.0 Å². The largest absolute Gasteiger partial charge is 0.497 e. The van der Waals surface area contributed by atoms with E-state index in [2.05, 4.69) is 24.4 Å². The van der Waals surface area contributed by atoms with E-state index in [1.807, 2.05) is 42.5 Å². The molecule has 0 heterocycles. The lowest BCUT2D eigenvalue weighted by Crippen LogP contribution is -2.26. The average molecular weight is 297 g/mol. The third-order valence-corrected chi connectivity index (χ3v) is 3.76. The molecule has 1 N–H and O–H groups in total. The molecule has 0 saturated carbocycles. The minimum absolute atomic E-state index is 0.102. The molecule has 0 spiro atoms. The average Bonchev–Trinajstić information content (AvgIpc) is 2.56. The Morgan fingerprint density at radius 1 is 1.09 bits per heavy atom. The Bertz CT molecular complexity index is 578. The lowest BCUT2D eigenvalue weighted by molar-refractivity contribution is -0.121. The van der Waals surface area contributed by atoms with E-state index in [9.17, 15) is 4.79 Å². The molecular weight excluding hydrogens is 274 g/mol. The fraction of sp³-hybridized carbons (Fsp3) is 0.316. The topological polar surface area (TPSA) is 38.3 Å². The first-order valence-corrected chi connectivity index (χ1v) is 7.63. The van der Waals surface area contributed by atoms with Crippen LogP contribution in [0.5, 0.6) is 5.75 Å². The molecule has 0 aromatic heterocycles. The predicted octanol–water partition coefficient (Wildman–Crippen LogP) is 3.55. The van der Waals surface area contributed by atoms with Crippen LogP contribution in [0.2, 0.25) is 0 Å². The highest BCUT2D eigenvalue weighted by Crippen LogP contribution is 2.18. The molecule has 22 heavy (non-hydrogen) atoms. The lowest BCUT2D eigenvalue weighted by Gasteiger charge is -2.12. The minimum Gasteiger partial charge on any atom is -0.497 e. The normalized spacial score (nSPS) is 11.7. The van der Waals surface area contributed by atoms with Gasteiger partial charge in [-0.1, -0.05) is 49.4 Å². The van der Waals surface area contributed by atoms with Crippen molar-refractivity contribution in [2.24, 2.45) is 0 Å². The summed E-state index contributed by atoms with van der Waals surface area (Å²) in [5, 5.41) is 2.99. The monoisotopic (exact) mass is 297 g/mol. The van der Waals surface area contributed by atoms with Gasteiger partial charge in [-0.3, -0.25) is 4.79 Å². The van der Waals surface area contributed by atoms with Crippen LogP contribution in [0.1, 0.15) is 30.4 Å². The molecule has 2 aromatic rings. The molecule has 116 valence electrons. The molecule has 0 radical (unpaired) electrons. The molecule has 3 nitrogen and oxygen atoms in total. The molecule has 2 rings (SSSR count). The van der Waals surface area contributed by atoms with E-state index in [0.717, 1.165) is 12.2 Å². The minimum atomic E-state index is 0.102. The van der Waals surface area contributed by atoms with Crippen LogP contribution in [-0.2, 0) is 11.2 Å². The second-order valence-electron chi connectivity index (χ2n) is 5.46. The number of carbonyl (C=O) groups is 1. The van der Waals surface area contributed by atoms with Crippen LogP contribution in [0.3, 0.4) is 0 Å². The maximum Gasteiger partial charge on any atom is 0.220 e. The molecule has 1 amide bonds. The van der Waals surface area contributed by atoms with Gasteiger partial charge in [0.15, 0.2) is 0 Å². The number of carbonyl (C=O) groups excluding carboxylic acids is 1. The molecule has 0 bridgehead atoms. The summed E-state index contributed by atoms with van der Waals surface area (Å²) in [6, 6.07) is 18.1. The van der Waals surface area contributed by atoms with E-state index in [1.165, 1.54) is 11.1 Å². The molecule has 0 saturated heterocycles. The maximum atomic E-state index is 12.0. The van der Waals surface area contributed by atoms with Crippen molar-refractivity contribution in [1.29, 1.82) is 0 Å². The SMILES string of the molecule is COc1ccc(CCNC(=O)C[C@@H](C)c2ccccc2)cc1. The van der Waals surface area contributed by atoms with Crippen molar-refractivity contribution in [3.63, 3.8) is 0 Å². The first-order chi connectivity index (χ1) is 10.7. The lowest BCUT2D eigenvalue weighted by atomic mass is 9.97. The molecule has 0 fully saturated rings. The molecular formula is C19H23NO2. The highest BCUT2D eigenvalue weighted by Gasteiger charge is 2.10. The molecule has 0 unspecified atom stereocenters. The van der Waals surface area contributed by atoms with Crippen molar-refractivity contribution in [3.05, 3.63) is 65.7 Å². The second kappa shape index (κ2) is 8.23. The van der Waals surface area contributed by atoms with Crippen molar-refractivity contribution in [2.75, 3.05) is 13.7 Å². The summed E-state index contributed by atoms with van der Waals surface area (Å²) in [6.07, 6.45) is 1.35.